The highest BCUT2D eigenvalue weighted by Gasteiger charge is 2.60. The van der Waals surface area contributed by atoms with E-state index in [0.29, 0.717) is 5.92 Å². The predicted molar refractivity (Wildman–Crippen MR) is 87.0 cm³/mol. The lowest BCUT2D eigenvalue weighted by Gasteiger charge is -2.07. The smallest absolute Gasteiger partial charge is 0.228 e. The third kappa shape index (κ3) is 3.09. The van der Waals surface area contributed by atoms with Gasteiger partial charge in [0.1, 0.15) is 0 Å². The summed E-state index contributed by atoms with van der Waals surface area (Å²) >= 11 is 1.68. The van der Waals surface area contributed by atoms with E-state index in [1.165, 1.54) is 10.5 Å². The van der Waals surface area contributed by atoms with Crippen molar-refractivity contribution in [1.82, 2.24) is 0 Å². The minimum absolute atomic E-state index is 0.0679. The molecule has 20 heavy (non-hydrogen) atoms. The Morgan fingerprint density at radius 3 is 2.65 bits per heavy atom. The van der Waals surface area contributed by atoms with Crippen molar-refractivity contribution in [2.75, 3.05) is 11.6 Å². The third-order valence-electron chi connectivity index (χ3n) is 4.04. The Balaban J connectivity index is 2.08. The lowest BCUT2D eigenvalue weighted by molar-refractivity contribution is -0.118. The van der Waals surface area contributed by atoms with Crippen molar-refractivity contribution in [2.24, 2.45) is 17.3 Å². The summed E-state index contributed by atoms with van der Waals surface area (Å²) in [7, 11) is 0. The average Bonchev–Trinajstić information content (AvgIpc) is 2.90. The lowest BCUT2D eigenvalue weighted by atomic mass is 10.1. The first-order chi connectivity index (χ1) is 9.36. The van der Waals surface area contributed by atoms with E-state index in [-0.39, 0.29) is 17.2 Å². The van der Waals surface area contributed by atoms with Gasteiger partial charge in [-0.2, -0.15) is 0 Å². The third-order valence-corrected chi connectivity index (χ3v) is 4.77. The summed E-state index contributed by atoms with van der Waals surface area (Å²) in [6, 6.07) is 8.00. The van der Waals surface area contributed by atoms with Gasteiger partial charge in [-0.1, -0.05) is 31.6 Å². The minimum Gasteiger partial charge on any atom is -0.326 e. The number of amides is 1. The molecule has 1 aliphatic carbocycles. The monoisotopic (exact) mass is 289 g/mol. The van der Waals surface area contributed by atoms with Gasteiger partial charge in [-0.05, 0) is 49.6 Å². The molecule has 2 nitrogen and oxygen atoms in total. The second-order valence-corrected chi connectivity index (χ2v) is 7.17. The van der Waals surface area contributed by atoms with Crippen LogP contribution in [0.1, 0.15) is 27.7 Å². The van der Waals surface area contributed by atoms with Gasteiger partial charge in [-0.25, -0.2) is 0 Å². The van der Waals surface area contributed by atoms with Crippen LogP contribution in [0.3, 0.4) is 0 Å². The molecule has 2 atom stereocenters. The molecule has 108 valence electrons. The molecule has 1 N–H and O–H groups in total. The van der Waals surface area contributed by atoms with Gasteiger partial charge in [0.2, 0.25) is 5.91 Å². The highest BCUT2D eigenvalue weighted by Crippen LogP contribution is 2.59. The van der Waals surface area contributed by atoms with Gasteiger partial charge in [0, 0.05) is 10.6 Å². The second kappa shape index (κ2) is 5.65. The SMILES string of the molecule is CSc1cccc(NC(=O)[C@@H]2[C@@H](C=C(C)C)C2(C)C)c1. The summed E-state index contributed by atoms with van der Waals surface area (Å²) in [5.74, 6) is 0.572. The largest absolute Gasteiger partial charge is 0.326 e. The molecule has 1 amide bonds. The van der Waals surface area contributed by atoms with E-state index in [0.717, 1.165) is 5.69 Å². The molecule has 0 heterocycles. The molecule has 1 aromatic carbocycles. The molecule has 1 aliphatic rings. The molecule has 2 rings (SSSR count). The summed E-state index contributed by atoms with van der Waals surface area (Å²) < 4.78 is 0. The molecular formula is C17H23NOS. The number of benzene rings is 1. The molecule has 0 radical (unpaired) electrons. The Morgan fingerprint density at radius 2 is 2.05 bits per heavy atom. The number of rotatable bonds is 4. The van der Waals surface area contributed by atoms with Crippen molar-refractivity contribution in [3.05, 3.63) is 35.9 Å². The zero-order valence-electron chi connectivity index (χ0n) is 12.9. The van der Waals surface area contributed by atoms with Crippen molar-refractivity contribution in [2.45, 2.75) is 32.6 Å². The van der Waals surface area contributed by atoms with E-state index in [2.05, 4.69) is 39.1 Å². The highest BCUT2D eigenvalue weighted by atomic mass is 32.2. The fourth-order valence-electron chi connectivity index (χ4n) is 2.77. The summed E-state index contributed by atoms with van der Waals surface area (Å²) in [6.07, 6.45) is 4.26. The van der Waals surface area contributed by atoms with Gasteiger partial charge in [-0.15, -0.1) is 11.8 Å². The molecule has 1 fully saturated rings. The molecular weight excluding hydrogens is 266 g/mol. The fraction of sp³-hybridized carbons (Fsp3) is 0.471. The number of nitrogens with one attached hydrogen (secondary N) is 1. The van der Waals surface area contributed by atoms with Crippen LogP contribution in [0.2, 0.25) is 0 Å². The first-order valence-corrected chi connectivity index (χ1v) is 8.18. The Labute approximate surface area is 126 Å². The summed E-state index contributed by atoms with van der Waals surface area (Å²) in [6.45, 7) is 8.51. The fourth-order valence-corrected chi connectivity index (χ4v) is 3.23. The molecule has 0 bridgehead atoms. The van der Waals surface area contributed by atoms with Crippen molar-refractivity contribution < 1.29 is 4.79 Å². The molecule has 0 spiro atoms. The van der Waals surface area contributed by atoms with Crippen molar-refractivity contribution in [1.29, 1.82) is 0 Å². The van der Waals surface area contributed by atoms with Crippen LogP contribution in [0.5, 0.6) is 0 Å². The summed E-state index contributed by atoms with van der Waals surface area (Å²) in [4.78, 5) is 13.6. The van der Waals surface area contributed by atoms with Crippen molar-refractivity contribution in [3.63, 3.8) is 0 Å². The van der Waals surface area contributed by atoms with Crippen molar-refractivity contribution >= 4 is 23.4 Å². The maximum Gasteiger partial charge on any atom is 0.228 e. The maximum atomic E-state index is 12.4. The average molecular weight is 289 g/mol. The van der Waals surface area contributed by atoms with E-state index in [4.69, 9.17) is 0 Å². The number of carbonyl (C=O) groups is 1. The van der Waals surface area contributed by atoms with Gasteiger partial charge in [0.05, 0.1) is 5.92 Å². The first-order valence-electron chi connectivity index (χ1n) is 6.96. The molecule has 0 unspecified atom stereocenters. The molecule has 3 heteroatoms. The molecule has 1 saturated carbocycles. The van der Waals surface area contributed by atoms with E-state index in [1.807, 2.05) is 30.5 Å². The zero-order valence-corrected chi connectivity index (χ0v) is 13.7. The summed E-state index contributed by atoms with van der Waals surface area (Å²) in [5.41, 5.74) is 2.24. The normalized spacial score (nSPS) is 23.1. The zero-order chi connectivity index (χ0) is 14.9. The van der Waals surface area contributed by atoms with Gasteiger partial charge in [0.15, 0.2) is 0 Å². The maximum absolute atomic E-state index is 12.4. The van der Waals surface area contributed by atoms with Crippen LogP contribution >= 0.6 is 11.8 Å². The van der Waals surface area contributed by atoms with E-state index < -0.39 is 0 Å². The van der Waals surface area contributed by atoms with Crippen LogP contribution in [0.4, 0.5) is 5.69 Å². The lowest BCUT2D eigenvalue weighted by Crippen LogP contribution is -2.16. The number of hydrogen-bond acceptors (Lipinski definition) is 2. The predicted octanol–water partition coefficient (Wildman–Crippen LogP) is 4.59. The highest BCUT2D eigenvalue weighted by molar-refractivity contribution is 7.98. The number of hydrogen-bond donors (Lipinski definition) is 1. The number of carbonyl (C=O) groups excluding carboxylic acids is 1. The van der Waals surface area contributed by atoms with Crippen LogP contribution in [-0.2, 0) is 4.79 Å². The number of allylic oxidation sites excluding steroid dienone is 2. The van der Waals surface area contributed by atoms with Crippen LogP contribution < -0.4 is 5.32 Å². The van der Waals surface area contributed by atoms with Gasteiger partial charge < -0.3 is 5.32 Å². The van der Waals surface area contributed by atoms with E-state index >= 15 is 0 Å². The van der Waals surface area contributed by atoms with Crippen LogP contribution in [0.15, 0.2) is 40.8 Å². The second-order valence-electron chi connectivity index (χ2n) is 6.29. The Morgan fingerprint density at radius 1 is 1.35 bits per heavy atom. The minimum atomic E-state index is 0.0679. The number of thioether (sulfide) groups is 1. The quantitative estimate of drug-likeness (QED) is 0.649. The van der Waals surface area contributed by atoms with Gasteiger partial charge in [-0.3, -0.25) is 4.79 Å². The number of anilines is 1. The Hall–Kier alpha value is -1.22. The van der Waals surface area contributed by atoms with E-state index in [1.54, 1.807) is 11.8 Å². The first kappa shape index (κ1) is 15.2. The topological polar surface area (TPSA) is 29.1 Å². The molecule has 0 aromatic heterocycles. The Kier molecular flexibility index (Phi) is 4.28. The van der Waals surface area contributed by atoms with E-state index in [9.17, 15) is 4.79 Å². The van der Waals surface area contributed by atoms with Gasteiger partial charge in [0.25, 0.3) is 0 Å². The van der Waals surface area contributed by atoms with Crippen LogP contribution in [0, 0.1) is 17.3 Å². The molecule has 0 saturated heterocycles. The summed E-state index contributed by atoms with van der Waals surface area (Å²) in [5, 5.41) is 3.06. The van der Waals surface area contributed by atoms with Gasteiger partial charge >= 0.3 is 0 Å². The van der Waals surface area contributed by atoms with Crippen LogP contribution in [0.25, 0.3) is 0 Å². The molecule has 0 aliphatic heterocycles. The molecule has 1 aromatic rings. The van der Waals surface area contributed by atoms with Crippen LogP contribution in [-0.4, -0.2) is 12.2 Å². The van der Waals surface area contributed by atoms with Crippen molar-refractivity contribution in [3.8, 4) is 0 Å². The Bertz CT molecular complexity index is 544. The standard InChI is InChI=1S/C17H23NOS/c1-11(2)9-14-15(17(14,3)4)16(19)18-12-7-6-8-13(10-12)20-5/h6-10,14-15H,1-5H3,(H,18,19)/t14-,15+/m1/s1.